The van der Waals surface area contributed by atoms with Crippen LogP contribution < -0.4 is 10.6 Å². The Kier molecular flexibility index (Phi) is 7.81. The zero-order valence-corrected chi connectivity index (χ0v) is 18.1. The number of para-hydroxylation sites is 1. The summed E-state index contributed by atoms with van der Waals surface area (Å²) in [6, 6.07) is 17.2. The largest absolute Gasteiger partial charge is 0.444 e. The summed E-state index contributed by atoms with van der Waals surface area (Å²) < 4.78 is 5.13. The highest BCUT2D eigenvalue weighted by Gasteiger charge is 2.31. The number of nitrogens with zero attached hydrogens (tertiary/aromatic N) is 1. The number of carbonyl (C=O) groups excluding carboxylic acids is 3. The van der Waals surface area contributed by atoms with Crippen LogP contribution in [0.15, 0.2) is 54.6 Å². The van der Waals surface area contributed by atoms with E-state index in [1.807, 2.05) is 19.1 Å². The van der Waals surface area contributed by atoms with Crippen LogP contribution in [0.5, 0.6) is 0 Å². The Hall–Kier alpha value is -3.79. The van der Waals surface area contributed by atoms with Crippen LogP contribution in [0.2, 0.25) is 0 Å². The van der Waals surface area contributed by atoms with Crippen LogP contribution in [-0.4, -0.2) is 35.0 Å². The first-order valence-electron chi connectivity index (χ1n) is 9.79. The van der Waals surface area contributed by atoms with E-state index in [2.05, 4.69) is 16.7 Å². The number of ether oxygens (including phenoxy) is 1. The molecule has 162 valence electrons. The molecule has 0 heterocycles. The van der Waals surface area contributed by atoms with Gasteiger partial charge in [0.2, 0.25) is 0 Å². The van der Waals surface area contributed by atoms with Crippen molar-refractivity contribution in [2.75, 3.05) is 11.9 Å². The molecule has 7 nitrogen and oxygen atoms in total. The van der Waals surface area contributed by atoms with Gasteiger partial charge in [-0.3, -0.25) is 14.5 Å². The number of amides is 3. The Morgan fingerprint density at radius 2 is 1.68 bits per heavy atom. The summed E-state index contributed by atoms with van der Waals surface area (Å²) in [5.74, 6) is -1.09. The summed E-state index contributed by atoms with van der Waals surface area (Å²) in [4.78, 5) is 38.9. The fraction of sp³-hybridized carbons (Fsp3) is 0.292. The summed E-state index contributed by atoms with van der Waals surface area (Å²) in [5.41, 5.74) is 1.31. The number of aryl methyl sites for hydroxylation is 1. The highest BCUT2D eigenvalue weighted by molar-refractivity contribution is 5.99. The topological polar surface area (TPSA) is 87.7 Å². The van der Waals surface area contributed by atoms with Gasteiger partial charge in [0.1, 0.15) is 18.2 Å². The van der Waals surface area contributed by atoms with Crippen LogP contribution in [0.4, 0.5) is 10.5 Å². The van der Waals surface area contributed by atoms with E-state index in [1.54, 1.807) is 63.2 Å². The van der Waals surface area contributed by atoms with Crippen LogP contribution in [0.3, 0.4) is 0 Å². The van der Waals surface area contributed by atoms with E-state index in [4.69, 9.17) is 11.2 Å². The first-order chi connectivity index (χ1) is 14.6. The zero-order valence-electron chi connectivity index (χ0n) is 18.1. The Bertz CT molecular complexity index is 974. The molecule has 0 spiro atoms. The van der Waals surface area contributed by atoms with E-state index in [1.165, 1.54) is 0 Å². The van der Waals surface area contributed by atoms with Gasteiger partial charge in [-0.15, -0.1) is 0 Å². The second kappa shape index (κ2) is 10.3. The van der Waals surface area contributed by atoms with E-state index >= 15 is 0 Å². The maximum Gasteiger partial charge on any atom is 0.408 e. The number of anilines is 1. The van der Waals surface area contributed by atoms with Crippen molar-refractivity contribution in [2.45, 2.75) is 39.3 Å². The van der Waals surface area contributed by atoms with Crippen LogP contribution in [0.25, 0.3) is 0 Å². The van der Waals surface area contributed by atoms with Crippen LogP contribution in [0.1, 0.15) is 37.9 Å². The lowest BCUT2D eigenvalue weighted by Crippen LogP contribution is -2.44. The van der Waals surface area contributed by atoms with Gasteiger partial charge in [-0.05, 0) is 44.9 Å². The smallest absolute Gasteiger partial charge is 0.408 e. The predicted octanol–water partition coefficient (Wildman–Crippen LogP) is 3.62. The van der Waals surface area contributed by atoms with Crippen molar-refractivity contribution < 1.29 is 19.1 Å². The normalized spacial score (nSPS) is 11.6. The number of alkyl carbamates (subject to hydrolysis) is 1. The van der Waals surface area contributed by atoms with Gasteiger partial charge in [0.25, 0.3) is 11.8 Å². The van der Waals surface area contributed by atoms with E-state index in [-0.39, 0.29) is 0 Å². The summed E-state index contributed by atoms with van der Waals surface area (Å²) in [6.45, 7) is 6.58. The summed E-state index contributed by atoms with van der Waals surface area (Å²) in [7, 11) is 0. The lowest BCUT2D eigenvalue weighted by atomic mass is 10.0. The second-order valence-corrected chi connectivity index (χ2v) is 7.87. The molecular weight excluding hydrogens is 394 g/mol. The number of benzene rings is 2. The number of terminal acetylenes is 1. The molecule has 0 aliphatic rings. The van der Waals surface area contributed by atoms with Crippen molar-refractivity contribution in [2.24, 2.45) is 0 Å². The molecule has 0 aliphatic carbocycles. The van der Waals surface area contributed by atoms with Gasteiger partial charge < -0.3 is 15.4 Å². The SMILES string of the molecule is C#CN(C(=O)CNC(=O)OC(C)(C)C)C(C(=O)Nc1ccccc1C)c1ccccc1. The third-order valence-electron chi connectivity index (χ3n) is 4.22. The highest BCUT2D eigenvalue weighted by Crippen LogP contribution is 2.24. The van der Waals surface area contributed by atoms with Crippen molar-refractivity contribution in [3.63, 3.8) is 0 Å². The van der Waals surface area contributed by atoms with Gasteiger partial charge >= 0.3 is 6.09 Å². The second-order valence-electron chi connectivity index (χ2n) is 7.87. The third-order valence-corrected chi connectivity index (χ3v) is 4.22. The molecule has 1 atom stereocenters. The monoisotopic (exact) mass is 421 g/mol. The molecule has 31 heavy (non-hydrogen) atoms. The molecule has 0 fully saturated rings. The molecule has 0 bridgehead atoms. The van der Waals surface area contributed by atoms with Crippen LogP contribution in [-0.2, 0) is 14.3 Å². The number of nitrogens with one attached hydrogen (secondary N) is 2. The summed E-state index contributed by atoms with van der Waals surface area (Å²) in [6.07, 6.45) is 4.86. The molecule has 1 unspecified atom stereocenters. The molecule has 0 aliphatic heterocycles. The average molecular weight is 421 g/mol. The minimum Gasteiger partial charge on any atom is -0.444 e. The van der Waals surface area contributed by atoms with Crippen molar-refractivity contribution in [3.05, 3.63) is 65.7 Å². The lowest BCUT2D eigenvalue weighted by Gasteiger charge is -2.27. The molecule has 0 radical (unpaired) electrons. The highest BCUT2D eigenvalue weighted by atomic mass is 16.6. The first kappa shape index (κ1) is 23.5. The van der Waals surface area contributed by atoms with Crippen molar-refractivity contribution >= 4 is 23.6 Å². The third kappa shape index (κ3) is 6.89. The van der Waals surface area contributed by atoms with Gasteiger partial charge in [-0.2, -0.15) is 0 Å². The Balaban J connectivity index is 2.24. The maximum absolute atomic E-state index is 13.2. The molecule has 2 rings (SSSR count). The van der Waals surface area contributed by atoms with Crippen molar-refractivity contribution in [1.82, 2.24) is 10.2 Å². The van der Waals surface area contributed by atoms with Crippen LogP contribution >= 0.6 is 0 Å². The fourth-order valence-corrected chi connectivity index (χ4v) is 2.80. The molecule has 3 amide bonds. The molecule has 2 aromatic carbocycles. The van der Waals surface area contributed by atoms with Gasteiger partial charge in [-0.25, -0.2) is 4.79 Å². The molecule has 7 heteroatoms. The predicted molar refractivity (Wildman–Crippen MR) is 119 cm³/mol. The van der Waals surface area contributed by atoms with Gasteiger partial charge in [0, 0.05) is 11.7 Å². The molecule has 2 aromatic rings. The van der Waals surface area contributed by atoms with Crippen LogP contribution in [0, 0.1) is 19.4 Å². The zero-order chi connectivity index (χ0) is 23.0. The summed E-state index contributed by atoms with van der Waals surface area (Å²) in [5, 5.41) is 5.21. The Morgan fingerprint density at radius 1 is 1.06 bits per heavy atom. The number of hydrogen-bond acceptors (Lipinski definition) is 4. The number of rotatable bonds is 6. The van der Waals surface area contributed by atoms with E-state index in [0.29, 0.717) is 11.3 Å². The van der Waals surface area contributed by atoms with E-state index < -0.39 is 36.1 Å². The number of hydrogen-bond donors (Lipinski definition) is 2. The first-order valence-corrected chi connectivity index (χ1v) is 9.79. The lowest BCUT2D eigenvalue weighted by molar-refractivity contribution is -0.134. The van der Waals surface area contributed by atoms with E-state index in [9.17, 15) is 14.4 Å². The quantitative estimate of drug-likeness (QED) is 0.551. The molecule has 2 N–H and O–H groups in total. The standard InChI is InChI=1S/C24H27N3O4/c1-6-27(20(28)16-25-23(30)31-24(3,4)5)21(18-13-8-7-9-14-18)22(29)26-19-15-11-10-12-17(19)2/h1,7-15,21H,16H2,2-5H3,(H,25,30)(H,26,29). The summed E-state index contributed by atoms with van der Waals surface area (Å²) >= 11 is 0. The van der Waals surface area contributed by atoms with Gasteiger partial charge in [0.15, 0.2) is 0 Å². The minimum atomic E-state index is -1.08. The molecular formula is C24H27N3O4. The molecule has 0 saturated heterocycles. The molecule has 0 saturated carbocycles. The van der Waals surface area contributed by atoms with Crippen molar-refractivity contribution in [3.8, 4) is 12.5 Å². The minimum absolute atomic E-state index is 0.417. The van der Waals surface area contributed by atoms with E-state index in [0.717, 1.165) is 10.5 Å². The number of carbonyl (C=O) groups is 3. The Labute approximate surface area is 182 Å². The fourth-order valence-electron chi connectivity index (χ4n) is 2.80. The Morgan fingerprint density at radius 3 is 2.26 bits per heavy atom. The molecule has 0 aromatic heterocycles. The maximum atomic E-state index is 13.2. The van der Waals surface area contributed by atoms with Crippen molar-refractivity contribution in [1.29, 1.82) is 0 Å². The average Bonchev–Trinajstić information content (AvgIpc) is 2.71. The van der Waals surface area contributed by atoms with Gasteiger partial charge in [-0.1, -0.05) is 55.0 Å². The van der Waals surface area contributed by atoms with Gasteiger partial charge in [0.05, 0.1) is 0 Å².